The number of aromatic nitrogens is 1. The Morgan fingerprint density at radius 3 is 2.47 bits per heavy atom. The Morgan fingerprint density at radius 2 is 2.00 bits per heavy atom. The van der Waals surface area contributed by atoms with Gasteiger partial charge in [-0.25, -0.2) is 0 Å². The fourth-order valence-corrected chi connectivity index (χ4v) is 1.25. The third-order valence-electron chi connectivity index (χ3n) is 1.27. The molecule has 0 N–H and O–H groups in total. The predicted molar refractivity (Wildman–Crippen MR) is 44.7 cm³/mol. The molecule has 0 aliphatic carbocycles. The molecule has 0 aromatic carbocycles. The fourth-order valence-electron chi connectivity index (χ4n) is 0.793. The zero-order valence-corrected chi connectivity index (χ0v) is 8.26. The summed E-state index contributed by atoms with van der Waals surface area (Å²) < 4.78 is 61.9. The first-order valence-corrected chi connectivity index (χ1v) is 5.43. The van der Waals surface area contributed by atoms with E-state index in [1.807, 2.05) is 0 Å². The van der Waals surface area contributed by atoms with Gasteiger partial charge in [0.2, 0.25) is 0 Å². The molecule has 0 atom stereocenters. The summed E-state index contributed by atoms with van der Waals surface area (Å²) in [7, 11) is -3.83. The molecule has 0 unspecified atom stereocenters. The minimum absolute atomic E-state index is 0.417. The summed E-state index contributed by atoms with van der Waals surface area (Å²) in [6, 6.07) is 1.54. The molecule has 84 valence electrons. The molecule has 1 aromatic heterocycles. The third-order valence-corrected chi connectivity index (χ3v) is 1.76. The number of rotatable bonds is 2. The summed E-state index contributed by atoms with van der Waals surface area (Å²) in [6.45, 7) is 0. The largest absolute Gasteiger partial charge is 0.433 e. The van der Waals surface area contributed by atoms with Crippen molar-refractivity contribution in [3.05, 3.63) is 24.0 Å². The van der Waals surface area contributed by atoms with E-state index in [9.17, 15) is 21.6 Å². The molecule has 0 aliphatic rings. The Hall–Kier alpha value is -1.31. The van der Waals surface area contributed by atoms with Crippen LogP contribution in [-0.4, -0.2) is 19.7 Å². The Balaban J connectivity index is 3.04. The van der Waals surface area contributed by atoms with Gasteiger partial charge in [0.25, 0.3) is 0 Å². The van der Waals surface area contributed by atoms with Crippen molar-refractivity contribution < 1.29 is 25.8 Å². The van der Waals surface area contributed by atoms with E-state index >= 15 is 0 Å². The van der Waals surface area contributed by atoms with Gasteiger partial charge in [-0.15, -0.1) is 0 Å². The van der Waals surface area contributed by atoms with Crippen molar-refractivity contribution in [2.24, 2.45) is 0 Å². The van der Waals surface area contributed by atoms with Gasteiger partial charge < -0.3 is 4.18 Å². The molecule has 0 saturated heterocycles. The van der Waals surface area contributed by atoms with Gasteiger partial charge in [-0.3, -0.25) is 4.98 Å². The van der Waals surface area contributed by atoms with E-state index in [0.717, 1.165) is 18.5 Å². The number of pyridine rings is 1. The van der Waals surface area contributed by atoms with Crippen molar-refractivity contribution in [3.63, 3.8) is 0 Å². The lowest BCUT2D eigenvalue weighted by Crippen LogP contribution is -2.10. The second-order valence-corrected chi connectivity index (χ2v) is 4.24. The number of hydrogen-bond acceptors (Lipinski definition) is 4. The maximum atomic E-state index is 12.1. The van der Waals surface area contributed by atoms with Crippen LogP contribution in [0.2, 0.25) is 0 Å². The summed E-state index contributed by atoms with van der Waals surface area (Å²) in [6.07, 6.45) is -3.07. The van der Waals surface area contributed by atoms with E-state index in [1.54, 1.807) is 0 Å². The zero-order chi connectivity index (χ0) is 11.7. The van der Waals surface area contributed by atoms with Crippen molar-refractivity contribution in [2.45, 2.75) is 6.18 Å². The Bertz CT molecular complexity index is 455. The lowest BCUT2D eigenvalue weighted by Gasteiger charge is -2.07. The van der Waals surface area contributed by atoms with Gasteiger partial charge in [-0.2, -0.15) is 21.6 Å². The van der Waals surface area contributed by atoms with E-state index < -0.39 is 27.7 Å². The van der Waals surface area contributed by atoms with Crippen LogP contribution < -0.4 is 4.18 Å². The highest BCUT2D eigenvalue weighted by Crippen LogP contribution is 2.29. The first-order chi connectivity index (χ1) is 6.68. The van der Waals surface area contributed by atoms with Crippen molar-refractivity contribution >= 4 is 10.1 Å². The second kappa shape index (κ2) is 3.69. The van der Waals surface area contributed by atoms with Gasteiger partial charge in [0.15, 0.2) is 0 Å². The van der Waals surface area contributed by atoms with E-state index in [-0.39, 0.29) is 0 Å². The topological polar surface area (TPSA) is 56.3 Å². The number of hydrogen-bond donors (Lipinski definition) is 0. The molecule has 0 bridgehead atoms. The van der Waals surface area contributed by atoms with Gasteiger partial charge in [-0.1, -0.05) is 0 Å². The molecule has 0 aliphatic heterocycles. The summed E-state index contributed by atoms with van der Waals surface area (Å²) in [5.41, 5.74) is -1.20. The average Bonchev–Trinajstić information content (AvgIpc) is 1.99. The predicted octanol–water partition coefficient (Wildman–Crippen LogP) is 1.44. The maximum Gasteiger partial charge on any atom is 0.433 e. The van der Waals surface area contributed by atoms with Crippen LogP contribution in [0.3, 0.4) is 0 Å². The fraction of sp³-hybridized carbons (Fsp3) is 0.286. The van der Waals surface area contributed by atoms with Gasteiger partial charge in [-0.05, 0) is 0 Å². The van der Waals surface area contributed by atoms with E-state index in [1.165, 1.54) is 0 Å². The highest BCUT2D eigenvalue weighted by atomic mass is 32.2. The van der Waals surface area contributed by atoms with Crippen LogP contribution in [0.25, 0.3) is 0 Å². The first-order valence-electron chi connectivity index (χ1n) is 3.61. The molecule has 4 nitrogen and oxygen atoms in total. The van der Waals surface area contributed by atoms with E-state index in [2.05, 4.69) is 9.17 Å². The van der Waals surface area contributed by atoms with Crippen LogP contribution in [0.15, 0.2) is 18.3 Å². The third kappa shape index (κ3) is 3.74. The molecule has 0 spiro atoms. The standard InChI is InChI=1S/C7H6F3NO3S/c1-15(12,13)14-5-2-3-11-6(4-5)7(8,9)10/h2-4H,1H3. The van der Waals surface area contributed by atoms with Crippen molar-refractivity contribution in [1.29, 1.82) is 0 Å². The minimum Gasteiger partial charge on any atom is -0.382 e. The van der Waals surface area contributed by atoms with Crippen molar-refractivity contribution in [1.82, 2.24) is 4.98 Å². The summed E-state index contributed by atoms with van der Waals surface area (Å²) in [4.78, 5) is 3.04. The highest BCUT2D eigenvalue weighted by molar-refractivity contribution is 7.86. The van der Waals surface area contributed by atoms with E-state index in [0.29, 0.717) is 6.07 Å². The molecular weight excluding hydrogens is 235 g/mol. The Labute approximate surface area is 83.8 Å². The zero-order valence-electron chi connectivity index (χ0n) is 7.45. The average molecular weight is 241 g/mol. The molecule has 0 fully saturated rings. The highest BCUT2D eigenvalue weighted by Gasteiger charge is 2.32. The smallest absolute Gasteiger partial charge is 0.382 e. The number of nitrogens with zero attached hydrogens (tertiary/aromatic N) is 1. The van der Waals surface area contributed by atoms with Crippen LogP contribution in [0.5, 0.6) is 5.75 Å². The van der Waals surface area contributed by atoms with Gasteiger partial charge in [0.1, 0.15) is 11.4 Å². The SMILES string of the molecule is CS(=O)(=O)Oc1ccnc(C(F)(F)F)c1. The van der Waals surface area contributed by atoms with Gasteiger partial charge >= 0.3 is 16.3 Å². The molecular formula is C7H6F3NO3S. The monoisotopic (exact) mass is 241 g/mol. The first kappa shape index (κ1) is 11.8. The Morgan fingerprint density at radius 1 is 1.40 bits per heavy atom. The number of alkyl halides is 3. The second-order valence-electron chi connectivity index (χ2n) is 2.66. The molecule has 0 radical (unpaired) electrons. The molecule has 1 heterocycles. The van der Waals surface area contributed by atoms with Crippen LogP contribution in [0, 0.1) is 0 Å². The Kier molecular flexibility index (Phi) is 2.89. The molecule has 0 amide bonds. The lowest BCUT2D eigenvalue weighted by atomic mass is 10.3. The van der Waals surface area contributed by atoms with E-state index in [4.69, 9.17) is 0 Å². The quantitative estimate of drug-likeness (QED) is 0.735. The normalized spacial score (nSPS) is 12.5. The minimum atomic E-state index is -4.63. The van der Waals surface area contributed by atoms with Crippen molar-refractivity contribution in [2.75, 3.05) is 6.26 Å². The molecule has 8 heteroatoms. The van der Waals surface area contributed by atoms with Crippen molar-refractivity contribution in [3.8, 4) is 5.75 Å². The van der Waals surface area contributed by atoms with Gasteiger partial charge in [0.05, 0.1) is 6.26 Å². The molecule has 1 aromatic rings. The lowest BCUT2D eigenvalue weighted by molar-refractivity contribution is -0.141. The molecule has 0 saturated carbocycles. The summed E-state index contributed by atoms with van der Waals surface area (Å²) in [5, 5.41) is 0. The maximum absolute atomic E-state index is 12.1. The molecule has 15 heavy (non-hydrogen) atoms. The van der Waals surface area contributed by atoms with Gasteiger partial charge in [0, 0.05) is 18.3 Å². The van der Waals surface area contributed by atoms with Crippen LogP contribution in [0.4, 0.5) is 13.2 Å². The van der Waals surface area contributed by atoms with Crippen LogP contribution in [-0.2, 0) is 16.3 Å². The summed E-state index contributed by atoms with van der Waals surface area (Å²) >= 11 is 0. The van der Waals surface area contributed by atoms with Crippen LogP contribution >= 0.6 is 0 Å². The van der Waals surface area contributed by atoms with Crippen LogP contribution in [0.1, 0.15) is 5.69 Å². The number of halogens is 3. The summed E-state index contributed by atoms with van der Waals surface area (Å²) in [5.74, 6) is -0.417. The molecule has 1 rings (SSSR count).